The number of benzene rings is 1. The molecule has 1 heterocycles. The Kier molecular flexibility index (Phi) is 6.96. The van der Waals surface area contributed by atoms with Crippen molar-refractivity contribution in [2.75, 3.05) is 45.7 Å². The average Bonchev–Trinajstić information content (AvgIpc) is 2.99. The van der Waals surface area contributed by atoms with E-state index in [0.29, 0.717) is 43.5 Å². The van der Waals surface area contributed by atoms with Crippen LogP contribution in [0.15, 0.2) is 23.2 Å². The number of hydrogen-bond acceptors (Lipinski definition) is 4. The van der Waals surface area contributed by atoms with Crippen molar-refractivity contribution >= 4 is 11.6 Å². The molecule has 146 valence electrons. The predicted molar refractivity (Wildman–Crippen MR) is 95.2 cm³/mol. The summed E-state index contributed by atoms with van der Waals surface area (Å²) in [6.07, 6.45) is -3.54. The third kappa shape index (κ3) is 5.98. The van der Waals surface area contributed by atoms with Gasteiger partial charge in [-0.1, -0.05) is 0 Å². The monoisotopic (exact) mass is 374 g/mol. The Morgan fingerprint density at radius 2 is 2.00 bits per heavy atom. The van der Waals surface area contributed by atoms with Gasteiger partial charge in [0.1, 0.15) is 0 Å². The highest BCUT2D eigenvalue weighted by molar-refractivity contribution is 5.94. The van der Waals surface area contributed by atoms with E-state index >= 15 is 0 Å². The Bertz CT molecular complexity index is 623. The molecule has 0 aliphatic carbocycles. The number of anilines is 1. The van der Waals surface area contributed by atoms with Crippen molar-refractivity contribution in [1.82, 2.24) is 10.2 Å². The normalized spacial score (nSPS) is 18.7. The van der Waals surface area contributed by atoms with Crippen LogP contribution in [0.25, 0.3) is 0 Å². The molecule has 1 aliphatic heterocycles. The van der Waals surface area contributed by atoms with Crippen LogP contribution in [0.2, 0.25) is 0 Å². The van der Waals surface area contributed by atoms with E-state index in [9.17, 15) is 13.2 Å². The van der Waals surface area contributed by atoms with Crippen molar-refractivity contribution in [1.29, 1.82) is 0 Å². The molecule has 1 aromatic carbocycles. The molecule has 1 unspecified atom stereocenters. The van der Waals surface area contributed by atoms with E-state index in [1.54, 1.807) is 26.4 Å². The number of rotatable bonds is 6. The Labute approximate surface area is 151 Å². The van der Waals surface area contributed by atoms with Crippen LogP contribution in [0, 0.1) is 0 Å². The third-order valence-corrected chi connectivity index (χ3v) is 3.98. The summed E-state index contributed by atoms with van der Waals surface area (Å²) in [5.41, 5.74) is 0.743. The molecule has 0 amide bonds. The number of ether oxygens (including phenoxy) is 2. The highest BCUT2D eigenvalue weighted by atomic mass is 19.4. The highest BCUT2D eigenvalue weighted by Gasteiger charge is 2.34. The number of likely N-dealkylation sites (tertiary alicyclic amines) is 1. The lowest BCUT2D eigenvalue weighted by molar-refractivity contribution is -0.143. The molecule has 1 aromatic rings. The van der Waals surface area contributed by atoms with E-state index in [4.69, 9.17) is 9.47 Å². The van der Waals surface area contributed by atoms with Crippen molar-refractivity contribution < 1.29 is 22.6 Å². The molecule has 1 saturated heterocycles. The van der Waals surface area contributed by atoms with E-state index in [1.807, 2.05) is 13.0 Å². The zero-order chi connectivity index (χ0) is 19.2. The second-order valence-electron chi connectivity index (χ2n) is 6.00. The lowest BCUT2D eigenvalue weighted by Crippen LogP contribution is -2.42. The van der Waals surface area contributed by atoms with E-state index in [-0.39, 0.29) is 6.04 Å². The number of methoxy groups -OCH3 is 2. The summed E-state index contributed by atoms with van der Waals surface area (Å²) in [5.74, 6) is 1.71. The van der Waals surface area contributed by atoms with E-state index in [2.05, 4.69) is 15.6 Å². The molecule has 0 spiro atoms. The summed E-state index contributed by atoms with van der Waals surface area (Å²) in [6, 6.07) is 5.27. The standard InChI is InChI=1S/C17H25F3N4O2/c1-4-21-16(22-12-5-6-14(25-2)15(9-12)26-3)23-13-7-8-24(10-13)11-17(18,19)20/h5-6,9,13H,4,7-8,10-11H2,1-3H3,(H2,21,22,23). The lowest BCUT2D eigenvalue weighted by atomic mass is 10.2. The number of halogens is 3. The molecule has 0 aromatic heterocycles. The molecule has 2 N–H and O–H groups in total. The van der Waals surface area contributed by atoms with Crippen molar-refractivity contribution in [3.63, 3.8) is 0 Å². The Balaban J connectivity index is 1.99. The van der Waals surface area contributed by atoms with Gasteiger partial charge < -0.3 is 20.1 Å². The van der Waals surface area contributed by atoms with Gasteiger partial charge in [-0.25, -0.2) is 0 Å². The predicted octanol–water partition coefficient (Wildman–Crippen LogP) is 2.72. The summed E-state index contributed by atoms with van der Waals surface area (Å²) in [7, 11) is 3.11. The first kappa shape index (κ1) is 20.2. The molecule has 1 atom stereocenters. The number of guanidine groups is 1. The van der Waals surface area contributed by atoms with E-state index in [0.717, 1.165) is 5.69 Å². The Hall–Kier alpha value is -2.16. The minimum Gasteiger partial charge on any atom is -0.493 e. The van der Waals surface area contributed by atoms with Gasteiger partial charge in [-0.2, -0.15) is 13.2 Å². The van der Waals surface area contributed by atoms with Crippen LogP contribution in [-0.4, -0.2) is 63.5 Å². The second-order valence-corrected chi connectivity index (χ2v) is 6.00. The molecular weight excluding hydrogens is 349 g/mol. The van der Waals surface area contributed by atoms with Crippen LogP contribution in [0.5, 0.6) is 11.5 Å². The fourth-order valence-corrected chi connectivity index (χ4v) is 2.87. The maximum atomic E-state index is 12.5. The van der Waals surface area contributed by atoms with Crippen molar-refractivity contribution in [3.8, 4) is 11.5 Å². The summed E-state index contributed by atoms with van der Waals surface area (Å²) in [5, 5.41) is 6.36. The fraction of sp³-hybridized carbons (Fsp3) is 0.588. The molecule has 1 aliphatic rings. The van der Waals surface area contributed by atoms with Crippen LogP contribution in [0.1, 0.15) is 13.3 Å². The van der Waals surface area contributed by atoms with Gasteiger partial charge in [0.15, 0.2) is 17.5 Å². The number of nitrogens with one attached hydrogen (secondary N) is 2. The topological polar surface area (TPSA) is 58.1 Å². The fourth-order valence-electron chi connectivity index (χ4n) is 2.87. The summed E-state index contributed by atoms with van der Waals surface area (Å²) >= 11 is 0. The third-order valence-electron chi connectivity index (χ3n) is 3.98. The average molecular weight is 374 g/mol. The largest absolute Gasteiger partial charge is 0.493 e. The summed E-state index contributed by atoms with van der Waals surface area (Å²) < 4.78 is 48.0. The quantitative estimate of drug-likeness (QED) is 0.592. The number of hydrogen-bond donors (Lipinski definition) is 2. The number of nitrogens with zero attached hydrogens (tertiary/aromatic N) is 2. The first-order chi connectivity index (χ1) is 12.3. The van der Waals surface area contributed by atoms with Crippen LogP contribution in [-0.2, 0) is 0 Å². The van der Waals surface area contributed by atoms with E-state index < -0.39 is 12.7 Å². The molecule has 1 fully saturated rings. The van der Waals surface area contributed by atoms with Gasteiger partial charge in [0, 0.05) is 37.4 Å². The van der Waals surface area contributed by atoms with Gasteiger partial charge in [-0.3, -0.25) is 9.89 Å². The summed E-state index contributed by atoms with van der Waals surface area (Å²) in [6.45, 7) is 2.29. The maximum absolute atomic E-state index is 12.5. The van der Waals surface area contributed by atoms with Crippen LogP contribution < -0.4 is 20.1 Å². The Morgan fingerprint density at radius 3 is 2.62 bits per heavy atom. The van der Waals surface area contributed by atoms with Crippen LogP contribution >= 0.6 is 0 Å². The molecular formula is C17H25F3N4O2. The lowest BCUT2D eigenvalue weighted by Gasteiger charge is -2.20. The summed E-state index contributed by atoms with van der Waals surface area (Å²) in [4.78, 5) is 5.76. The minimum atomic E-state index is -4.17. The molecule has 26 heavy (non-hydrogen) atoms. The number of aliphatic imine (C=N–C) groups is 1. The zero-order valence-corrected chi connectivity index (χ0v) is 15.2. The maximum Gasteiger partial charge on any atom is 0.401 e. The SMILES string of the molecule is CCN=C(Nc1ccc(OC)c(OC)c1)NC1CCN(CC(F)(F)F)C1. The van der Waals surface area contributed by atoms with Crippen LogP contribution in [0.3, 0.4) is 0 Å². The van der Waals surface area contributed by atoms with Gasteiger partial charge in [0.25, 0.3) is 0 Å². The van der Waals surface area contributed by atoms with Gasteiger partial charge in [0.05, 0.1) is 20.8 Å². The van der Waals surface area contributed by atoms with Gasteiger partial charge >= 0.3 is 6.18 Å². The first-order valence-corrected chi connectivity index (χ1v) is 8.43. The van der Waals surface area contributed by atoms with E-state index in [1.165, 1.54) is 4.90 Å². The van der Waals surface area contributed by atoms with Gasteiger partial charge in [-0.15, -0.1) is 0 Å². The first-order valence-electron chi connectivity index (χ1n) is 8.43. The second kappa shape index (κ2) is 8.98. The molecule has 2 rings (SSSR count). The molecule has 9 heteroatoms. The highest BCUT2D eigenvalue weighted by Crippen LogP contribution is 2.29. The molecule has 0 radical (unpaired) electrons. The molecule has 0 bridgehead atoms. The van der Waals surface area contributed by atoms with Crippen molar-refractivity contribution in [3.05, 3.63) is 18.2 Å². The van der Waals surface area contributed by atoms with Crippen molar-refractivity contribution in [2.45, 2.75) is 25.6 Å². The molecule has 0 saturated carbocycles. The van der Waals surface area contributed by atoms with Gasteiger partial charge in [0.2, 0.25) is 0 Å². The zero-order valence-electron chi connectivity index (χ0n) is 15.2. The van der Waals surface area contributed by atoms with Crippen LogP contribution in [0.4, 0.5) is 18.9 Å². The minimum absolute atomic E-state index is 0.0877. The number of alkyl halides is 3. The van der Waals surface area contributed by atoms with Gasteiger partial charge in [-0.05, 0) is 25.5 Å². The smallest absolute Gasteiger partial charge is 0.401 e. The molecule has 6 nitrogen and oxygen atoms in total. The Morgan fingerprint density at radius 1 is 1.27 bits per heavy atom. The van der Waals surface area contributed by atoms with Crippen molar-refractivity contribution in [2.24, 2.45) is 4.99 Å².